The molecule has 2 saturated heterocycles. The van der Waals surface area contributed by atoms with E-state index >= 15 is 0 Å². The molecule has 0 aliphatic carbocycles. The van der Waals surface area contributed by atoms with Crippen LogP contribution in [0.15, 0.2) is 17.0 Å². The van der Waals surface area contributed by atoms with Crippen LogP contribution in [0.1, 0.15) is 45.1 Å². The summed E-state index contributed by atoms with van der Waals surface area (Å²) < 4.78 is 33.8. The summed E-state index contributed by atoms with van der Waals surface area (Å²) in [5, 5.41) is 2.75. The molecule has 0 saturated carbocycles. The van der Waals surface area contributed by atoms with E-state index in [1.165, 1.54) is 10.4 Å². The Labute approximate surface area is 184 Å². The van der Waals surface area contributed by atoms with Crippen LogP contribution >= 0.6 is 0 Å². The van der Waals surface area contributed by atoms with Gasteiger partial charge in [0.1, 0.15) is 5.75 Å². The molecule has 4 rings (SSSR count). The molecule has 1 aromatic carbocycles. The van der Waals surface area contributed by atoms with E-state index in [-0.39, 0.29) is 22.6 Å². The Morgan fingerprint density at radius 3 is 2.35 bits per heavy atom. The summed E-state index contributed by atoms with van der Waals surface area (Å²) in [6.45, 7) is 7.82. The highest BCUT2D eigenvalue weighted by atomic mass is 32.2. The van der Waals surface area contributed by atoms with Crippen LogP contribution in [0.5, 0.6) is 5.75 Å². The largest absolute Gasteiger partial charge is 0.479 e. The molecule has 170 valence electrons. The lowest BCUT2D eigenvalue weighted by Gasteiger charge is -2.36. The van der Waals surface area contributed by atoms with Crippen LogP contribution in [0.2, 0.25) is 0 Å². The minimum absolute atomic E-state index is 0.108. The van der Waals surface area contributed by atoms with Gasteiger partial charge in [-0.1, -0.05) is 6.92 Å². The van der Waals surface area contributed by atoms with E-state index in [1.807, 2.05) is 4.90 Å². The molecule has 0 bridgehead atoms. The number of nitrogens with zero attached hydrogens (tertiary/aromatic N) is 2. The summed E-state index contributed by atoms with van der Waals surface area (Å²) in [6, 6.07) is 3.14. The molecule has 3 aliphatic rings. The second-order valence-corrected chi connectivity index (χ2v) is 11.0. The highest BCUT2D eigenvalue weighted by Gasteiger charge is 2.36. The molecular formula is C22H31N3O5S. The van der Waals surface area contributed by atoms with Crippen LogP contribution in [0.3, 0.4) is 0 Å². The number of fused-ring (bicyclic) bond motifs is 1. The molecular weight excluding hydrogens is 418 g/mol. The number of piperidine rings is 2. The highest BCUT2D eigenvalue weighted by molar-refractivity contribution is 7.89. The lowest BCUT2D eigenvalue weighted by atomic mass is 9.93. The Kier molecular flexibility index (Phi) is 6.00. The minimum atomic E-state index is -3.72. The third-order valence-corrected chi connectivity index (χ3v) is 8.76. The molecule has 31 heavy (non-hydrogen) atoms. The first-order chi connectivity index (χ1) is 14.7. The number of likely N-dealkylation sites (tertiary alicyclic amines) is 1. The quantitative estimate of drug-likeness (QED) is 0.764. The molecule has 2 fully saturated rings. The molecule has 2 amide bonds. The second-order valence-electron chi connectivity index (χ2n) is 9.05. The van der Waals surface area contributed by atoms with Crippen molar-refractivity contribution in [1.82, 2.24) is 9.21 Å². The first-order valence-electron chi connectivity index (χ1n) is 11.1. The van der Waals surface area contributed by atoms with E-state index in [9.17, 15) is 18.0 Å². The zero-order valence-electron chi connectivity index (χ0n) is 18.4. The molecule has 8 nitrogen and oxygen atoms in total. The van der Waals surface area contributed by atoms with Gasteiger partial charge >= 0.3 is 0 Å². The summed E-state index contributed by atoms with van der Waals surface area (Å²) in [5.74, 6) is 0.838. The number of aryl methyl sites for hydroxylation is 1. The monoisotopic (exact) mass is 449 g/mol. The summed E-state index contributed by atoms with van der Waals surface area (Å²) in [7, 11) is -3.72. The number of amides is 2. The Hall–Kier alpha value is -2.13. The minimum Gasteiger partial charge on any atom is -0.479 e. The van der Waals surface area contributed by atoms with Crippen molar-refractivity contribution < 1.29 is 22.7 Å². The van der Waals surface area contributed by atoms with Gasteiger partial charge in [-0.2, -0.15) is 4.31 Å². The van der Waals surface area contributed by atoms with Gasteiger partial charge in [0.2, 0.25) is 15.9 Å². The van der Waals surface area contributed by atoms with Crippen LogP contribution < -0.4 is 10.1 Å². The Morgan fingerprint density at radius 2 is 1.71 bits per heavy atom. The molecule has 9 heteroatoms. The van der Waals surface area contributed by atoms with E-state index in [0.717, 1.165) is 25.9 Å². The van der Waals surface area contributed by atoms with Gasteiger partial charge in [-0.3, -0.25) is 9.59 Å². The molecule has 0 radical (unpaired) electrons. The number of hydrogen-bond acceptors (Lipinski definition) is 5. The van der Waals surface area contributed by atoms with Crippen LogP contribution in [-0.4, -0.2) is 61.7 Å². The van der Waals surface area contributed by atoms with Crippen molar-refractivity contribution >= 4 is 27.5 Å². The molecule has 1 N–H and O–H groups in total. The van der Waals surface area contributed by atoms with Crippen molar-refractivity contribution in [1.29, 1.82) is 0 Å². The van der Waals surface area contributed by atoms with Crippen LogP contribution in [-0.2, 0) is 19.6 Å². The third kappa shape index (κ3) is 4.30. The Bertz CT molecular complexity index is 977. The number of anilines is 1. The standard InChI is InChI=1S/C22H31N3O5S/c1-14-4-8-24(9-5-14)22(27)17-6-10-25(11-7-17)31(28,29)20-13-19-18(12-15(20)2)23-21(26)16(3)30-19/h12-14,16-17H,4-11H2,1-3H3,(H,23,26)/t16-/m1/s1. The SMILES string of the molecule is Cc1cc2c(cc1S(=O)(=O)N1CCC(C(=O)N3CCC(C)CC3)CC1)O[C@H](C)C(=O)N2. The van der Waals surface area contributed by atoms with Crippen LogP contribution in [0.4, 0.5) is 5.69 Å². The van der Waals surface area contributed by atoms with Crippen molar-refractivity contribution in [3.8, 4) is 5.75 Å². The number of rotatable bonds is 3. The predicted octanol–water partition coefficient (Wildman–Crippen LogP) is 2.37. The molecule has 0 spiro atoms. The number of carbonyl (C=O) groups is 2. The number of carbonyl (C=O) groups excluding carboxylic acids is 2. The molecule has 3 aliphatic heterocycles. The molecule has 1 aromatic rings. The molecule has 1 atom stereocenters. The number of ether oxygens (including phenoxy) is 1. The summed E-state index contributed by atoms with van der Waals surface area (Å²) in [4.78, 5) is 26.8. The molecule has 0 unspecified atom stereocenters. The summed E-state index contributed by atoms with van der Waals surface area (Å²) >= 11 is 0. The van der Waals surface area contributed by atoms with Gasteiger partial charge in [0, 0.05) is 38.2 Å². The van der Waals surface area contributed by atoms with Crippen LogP contribution in [0, 0.1) is 18.8 Å². The lowest BCUT2D eigenvalue weighted by Crippen LogP contribution is -2.46. The van der Waals surface area contributed by atoms with Gasteiger partial charge in [0.15, 0.2) is 6.10 Å². The van der Waals surface area contributed by atoms with Crippen molar-refractivity contribution in [2.45, 2.75) is 57.5 Å². The van der Waals surface area contributed by atoms with Gasteiger partial charge in [-0.05, 0) is 57.1 Å². The normalized spacial score (nSPS) is 23.8. The topological polar surface area (TPSA) is 96.0 Å². The summed E-state index contributed by atoms with van der Waals surface area (Å²) in [6.07, 6.45) is 2.48. The molecule has 0 aromatic heterocycles. The van der Waals surface area contributed by atoms with Gasteiger partial charge in [-0.15, -0.1) is 0 Å². The first-order valence-corrected chi connectivity index (χ1v) is 12.5. The van der Waals surface area contributed by atoms with E-state index in [4.69, 9.17) is 4.74 Å². The molecule has 3 heterocycles. The van der Waals surface area contributed by atoms with Gasteiger partial charge in [0.05, 0.1) is 10.6 Å². The third-order valence-electron chi connectivity index (χ3n) is 6.72. The number of nitrogens with one attached hydrogen (secondary N) is 1. The average Bonchev–Trinajstić information content (AvgIpc) is 2.74. The summed E-state index contributed by atoms with van der Waals surface area (Å²) in [5.41, 5.74) is 1.04. The van der Waals surface area contributed by atoms with Gasteiger partial charge in [-0.25, -0.2) is 8.42 Å². The maximum absolute atomic E-state index is 13.3. The van der Waals surface area contributed by atoms with E-state index in [2.05, 4.69) is 12.2 Å². The van der Waals surface area contributed by atoms with Gasteiger partial charge < -0.3 is 15.0 Å². The van der Waals surface area contributed by atoms with Crippen molar-refractivity contribution in [2.24, 2.45) is 11.8 Å². The van der Waals surface area contributed by atoms with Crippen molar-refractivity contribution in [3.05, 3.63) is 17.7 Å². The first kappa shape index (κ1) is 22.1. The highest BCUT2D eigenvalue weighted by Crippen LogP contribution is 2.36. The maximum atomic E-state index is 13.3. The average molecular weight is 450 g/mol. The lowest BCUT2D eigenvalue weighted by molar-refractivity contribution is -0.138. The number of sulfonamides is 1. The Balaban J connectivity index is 1.45. The fourth-order valence-corrected chi connectivity index (χ4v) is 6.28. The second kappa shape index (κ2) is 8.43. The van der Waals surface area contributed by atoms with Crippen molar-refractivity contribution in [3.63, 3.8) is 0 Å². The van der Waals surface area contributed by atoms with Crippen molar-refractivity contribution in [2.75, 3.05) is 31.5 Å². The zero-order valence-corrected chi connectivity index (χ0v) is 19.2. The number of hydrogen-bond donors (Lipinski definition) is 1. The van der Waals surface area contributed by atoms with Gasteiger partial charge in [0.25, 0.3) is 5.91 Å². The maximum Gasteiger partial charge on any atom is 0.265 e. The smallest absolute Gasteiger partial charge is 0.265 e. The number of benzene rings is 1. The van der Waals surface area contributed by atoms with E-state index < -0.39 is 16.1 Å². The van der Waals surface area contributed by atoms with E-state index in [1.54, 1.807) is 19.9 Å². The predicted molar refractivity (Wildman–Crippen MR) is 116 cm³/mol. The zero-order chi connectivity index (χ0) is 22.3. The van der Waals surface area contributed by atoms with Crippen LogP contribution in [0.25, 0.3) is 0 Å². The fraction of sp³-hybridized carbons (Fsp3) is 0.636. The van der Waals surface area contributed by atoms with E-state index in [0.29, 0.717) is 48.8 Å². The fourth-order valence-electron chi connectivity index (χ4n) is 4.59. The Morgan fingerprint density at radius 1 is 1.06 bits per heavy atom.